The Bertz CT molecular complexity index is 476. The van der Waals surface area contributed by atoms with Crippen LogP contribution in [0.4, 0.5) is 0 Å². The second-order valence-electron chi connectivity index (χ2n) is 6.91. The van der Waals surface area contributed by atoms with E-state index in [0.29, 0.717) is 5.78 Å². The standard InChI is InChI=1S/C17H20OS/c18-16(4-3-15-2-1-5-19-15)17-9-12-6-13(10-17)8-14(7-12)11-17/h1-5,12-14H,6-11H2/b4-3-. The zero-order valence-corrected chi connectivity index (χ0v) is 12.0. The lowest BCUT2D eigenvalue weighted by Crippen LogP contribution is -2.49. The van der Waals surface area contributed by atoms with Crippen LogP contribution >= 0.6 is 11.3 Å². The van der Waals surface area contributed by atoms with E-state index in [4.69, 9.17) is 0 Å². The van der Waals surface area contributed by atoms with E-state index >= 15 is 0 Å². The lowest BCUT2D eigenvalue weighted by molar-refractivity contribution is -0.138. The van der Waals surface area contributed by atoms with Gasteiger partial charge in [-0.3, -0.25) is 4.79 Å². The van der Waals surface area contributed by atoms with Crippen LogP contribution in [0.5, 0.6) is 0 Å². The van der Waals surface area contributed by atoms with Crippen LogP contribution in [-0.2, 0) is 4.79 Å². The van der Waals surface area contributed by atoms with Crippen molar-refractivity contribution in [1.29, 1.82) is 0 Å². The van der Waals surface area contributed by atoms with Crippen LogP contribution in [-0.4, -0.2) is 5.78 Å². The van der Waals surface area contributed by atoms with Gasteiger partial charge in [-0.25, -0.2) is 0 Å². The number of allylic oxidation sites excluding steroid dienone is 1. The molecule has 1 aromatic rings. The van der Waals surface area contributed by atoms with Crippen molar-refractivity contribution in [2.24, 2.45) is 23.2 Å². The van der Waals surface area contributed by atoms with Crippen molar-refractivity contribution in [2.75, 3.05) is 0 Å². The van der Waals surface area contributed by atoms with Crippen LogP contribution in [0.3, 0.4) is 0 Å². The molecule has 100 valence electrons. The number of carbonyl (C=O) groups excluding carboxylic acids is 1. The number of rotatable bonds is 3. The summed E-state index contributed by atoms with van der Waals surface area (Å²) in [6.45, 7) is 0. The topological polar surface area (TPSA) is 17.1 Å². The summed E-state index contributed by atoms with van der Waals surface area (Å²) in [5.74, 6) is 2.97. The summed E-state index contributed by atoms with van der Waals surface area (Å²) in [5, 5.41) is 2.06. The van der Waals surface area contributed by atoms with Gasteiger partial charge in [-0.15, -0.1) is 11.3 Å². The van der Waals surface area contributed by atoms with Gasteiger partial charge in [0.1, 0.15) is 0 Å². The fourth-order valence-corrected chi connectivity index (χ4v) is 5.75. The van der Waals surface area contributed by atoms with Crippen molar-refractivity contribution < 1.29 is 4.79 Å². The summed E-state index contributed by atoms with van der Waals surface area (Å²) in [6.07, 6.45) is 11.6. The fraction of sp³-hybridized carbons (Fsp3) is 0.588. The highest BCUT2D eigenvalue weighted by molar-refractivity contribution is 7.10. The molecule has 0 atom stereocenters. The van der Waals surface area contributed by atoms with Gasteiger partial charge in [-0.2, -0.15) is 0 Å². The van der Waals surface area contributed by atoms with Crippen molar-refractivity contribution in [3.05, 3.63) is 28.5 Å². The van der Waals surface area contributed by atoms with Crippen molar-refractivity contribution in [3.63, 3.8) is 0 Å². The van der Waals surface area contributed by atoms with Gasteiger partial charge in [-0.1, -0.05) is 6.07 Å². The third-order valence-corrected chi connectivity index (χ3v) is 6.34. The Labute approximate surface area is 118 Å². The van der Waals surface area contributed by atoms with E-state index in [1.807, 2.05) is 18.2 Å². The largest absolute Gasteiger partial charge is 0.294 e. The van der Waals surface area contributed by atoms with Gasteiger partial charge in [0, 0.05) is 10.3 Å². The molecule has 0 spiro atoms. The maximum atomic E-state index is 12.7. The summed E-state index contributed by atoms with van der Waals surface area (Å²) in [5.41, 5.74) is 0.0303. The third-order valence-electron chi connectivity index (χ3n) is 5.50. The van der Waals surface area contributed by atoms with E-state index < -0.39 is 0 Å². The predicted molar refractivity (Wildman–Crippen MR) is 79.0 cm³/mol. The van der Waals surface area contributed by atoms with Crippen LogP contribution in [0, 0.1) is 23.2 Å². The van der Waals surface area contributed by atoms with Crippen molar-refractivity contribution in [2.45, 2.75) is 38.5 Å². The Balaban J connectivity index is 1.56. The Morgan fingerprint density at radius 1 is 1.16 bits per heavy atom. The summed E-state index contributed by atoms with van der Waals surface area (Å²) in [6, 6.07) is 4.12. The average Bonchev–Trinajstić information content (AvgIpc) is 2.87. The monoisotopic (exact) mass is 272 g/mol. The minimum atomic E-state index is 0.0303. The highest BCUT2D eigenvalue weighted by Crippen LogP contribution is 2.60. The normalized spacial score (nSPS) is 40.1. The summed E-state index contributed by atoms with van der Waals surface area (Å²) < 4.78 is 0. The Kier molecular flexibility index (Phi) is 2.70. The first-order valence-corrected chi connectivity index (χ1v) is 8.37. The molecule has 4 aliphatic carbocycles. The molecule has 1 nitrogen and oxygen atoms in total. The molecule has 4 saturated carbocycles. The predicted octanol–water partition coefficient (Wildman–Crippen LogP) is 4.55. The SMILES string of the molecule is O=C(/C=C\c1cccs1)C12CC3CC(CC(C3)C1)C2. The first-order valence-electron chi connectivity index (χ1n) is 7.49. The average molecular weight is 272 g/mol. The van der Waals surface area contributed by atoms with Gasteiger partial charge >= 0.3 is 0 Å². The van der Waals surface area contributed by atoms with Crippen LogP contribution in [0.1, 0.15) is 43.4 Å². The van der Waals surface area contributed by atoms with E-state index in [9.17, 15) is 4.79 Å². The zero-order chi connectivity index (χ0) is 12.9. The van der Waals surface area contributed by atoms with Gasteiger partial charge in [0.2, 0.25) is 0 Å². The molecule has 0 aromatic carbocycles. The quantitative estimate of drug-likeness (QED) is 0.738. The van der Waals surface area contributed by atoms with Crippen molar-refractivity contribution >= 4 is 23.2 Å². The lowest BCUT2D eigenvalue weighted by Gasteiger charge is -2.55. The van der Waals surface area contributed by atoms with E-state index in [0.717, 1.165) is 17.8 Å². The minimum Gasteiger partial charge on any atom is -0.294 e. The van der Waals surface area contributed by atoms with Crippen LogP contribution in [0.25, 0.3) is 6.08 Å². The minimum absolute atomic E-state index is 0.0303. The second kappa shape index (κ2) is 4.31. The van der Waals surface area contributed by atoms with E-state index in [-0.39, 0.29) is 5.41 Å². The first-order chi connectivity index (χ1) is 9.23. The van der Waals surface area contributed by atoms with Crippen LogP contribution in [0.2, 0.25) is 0 Å². The molecule has 4 fully saturated rings. The lowest BCUT2D eigenvalue weighted by atomic mass is 9.48. The number of hydrogen-bond acceptors (Lipinski definition) is 2. The highest BCUT2D eigenvalue weighted by atomic mass is 32.1. The Hall–Kier alpha value is -0.890. The van der Waals surface area contributed by atoms with E-state index in [1.54, 1.807) is 11.3 Å². The highest BCUT2D eigenvalue weighted by Gasteiger charge is 2.53. The van der Waals surface area contributed by atoms with Gasteiger partial charge < -0.3 is 0 Å². The molecule has 0 N–H and O–H groups in total. The molecule has 0 amide bonds. The molecule has 0 saturated heterocycles. The number of thiophene rings is 1. The summed E-state index contributed by atoms with van der Waals surface area (Å²) in [7, 11) is 0. The molecule has 0 unspecified atom stereocenters. The number of hydrogen-bond donors (Lipinski definition) is 0. The smallest absolute Gasteiger partial charge is 0.161 e. The maximum Gasteiger partial charge on any atom is 0.161 e. The van der Waals surface area contributed by atoms with Crippen LogP contribution < -0.4 is 0 Å². The molecule has 1 heterocycles. The van der Waals surface area contributed by atoms with Gasteiger partial charge in [-0.05, 0) is 79.9 Å². The zero-order valence-electron chi connectivity index (χ0n) is 11.2. The first kappa shape index (κ1) is 11.9. The van der Waals surface area contributed by atoms with Crippen molar-refractivity contribution in [3.8, 4) is 0 Å². The summed E-state index contributed by atoms with van der Waals surface area (Å²) >= 11 is 1.70. The third kappa shape index (κ3) is 2.01. The Morgan fingerprint density at radius 2 is 1.79 bits per heavy atom. The van der Waals surface area contributed by atoms with Gasteiger partial charge in [0.25, 0.3) is 0 Å². The molecule has 5 rings (SSSR count). The number of ketones is 1. The fourth-order valence-electron chi connectivity index (χ4n) is 5.13. The molecular weight excluding hydrogens is 252 g/mol. The molecule has 4 aliphatic rings. The van der Waals surface area contributed by atoms with E-state index in [1.165, 1.54) is 43.4 Å². The Morgan fingerprint density at radius 3 is 2.32 bits per heavy atom. The molecule has 19 heavy (non-hydrogen) atoms. The number of carbonyl (C=O) groups is 1. The maximum absolute atomic E-state index is 12.7. The van der Waals surface area contributed by atoms with Gasteiger partial charge in [0.15, 0.2) is 5.78 Å². The molecule has 1 aromatic heterocycles. The summed E-state index contributed by atoms with van der Waals surface area (Å²) in [4.78, 5) is 13.9. The second-order valence-corrected chi connectivity index (χ2v) is 7.89. The molecular formula is C17H20OS. The molecule has 0 radical (unpaired) electrons. The molecule has 4 bridgehead atoms. The van der Waals surface area contributed by atoms with Crippen LogP contribution in [0.15, 0.2) is 23.6 Å². The van der Waals surface area contributed by atoms with E-state index in [2.05, 4.69) is 11.4 Å². The van der Waals surface area contributed by atoms with Gasteiger partial charge in [0.05, 0.1) is 0 Å². The van der Waals surface area contributed by atoms with Crippen molar-refractivity contribution in [1.82, 2.24) is 0 Å². The molecule has 2 heteroatoms. The molecule has 0 aliphatic heterocycles.